The molecule has 2 heterocycles. The Bertz CT molecular complexity index is 1710. The summed E-state index contributed by atoms with van der Waals surface area (Å²) in [6, 6.07) is 7.37. The molecule has 8 nitrogen and oxygen atoms in total. The smallest absolute Gasteiger partial charge is 0.416 e. The Morgan fingerprint density at radius 1 is 1.12 bits per heavy atom. The number of esters is 2. The van der Waals surface area contributed by atoms with Crippen LogP contribution in [0.1, 0.15) is 69.2 Å². The van der Waals surface area contributed by atoms with E-state index in [1.165, 1.54) is 26.0 Å². The molecule has 6 rings (SSSR count). The minimum absolute atomic E-state index is 0.0453. The van der Waals surface area contributed by atoms with Crippen LogP contribution >= 0.6 is 0 Å². The van der Waals surface area contributed by atoms with Gasteiger partial charge in [0.05, 0.1) is 23.1 Å². The highest BCUT2D eigenvalue weighted by Gasteiger charge is 2.75. The summed E-state index contributed by atoms with van der Waals surface area (Å²) < 4.78 is 58.3. The van der Waals surface area contributed by atoms with Crippen LogP contribution in [0.15, 0.2) is 49.1 Å². The van der Waals surface area contributed by atoms with E-state index < -0.39 is 52.7 Å². The van der Waals surface area contributed by atoms with E-state index in [1.807, 2.05) is 26.0 Å². The van der Waals surface area contributed by atoms with Crippen LogP contribution in [-0.4, -0.2) is 71.1 Å². The standard InChI is InChI=1S/C37H39F3N2O6/c1-6-18-41-19-17-35-32-26-10-13-29(46-23(4)43)33(32)47-34(35)28(15-16-36(35,30(41)20-26)48-24(5)44)42(21-22(2)3)31(45)14-9-25-7-11-27(12-8-25)37(38,39)40/h6-8,10-13,22,28,30,34H,1,15-21H2,2-5H3/t28-,30+,34-,35-,36+/m0/s1. The lowest BCUT2D eigenvalue weighted by molar-refractivity contribution is -0.223. The molecule has 2 fully saturated rings. The number of ether oxygens (including phenoxy) is 3. The number of hydrogen-bond acceptors (Lipinski definition) is 7. The first-order valence-corrected chi connectivity index (χ1v) is 16.3. The van der Waals surface area contributed by atoms with Gasteiger partial charge < -0.3 is 19.1 Å². The highest BCUT2D eigenvalue weighted by molar-refractivity contribution is 5.94. The lowest BCUT2D eigenvalue weighted by atomic mass is 9.48. The third-order valence-corrected chi connectivity index (χ3v) is 10.2. The number of nitrogens with zero attached hydrogens (tertiary/aromatic N) is 2. The summed E-state index contributed by atoms with van der Waals surface area (Å²) in [6.07, 6.45) is -1.29. The molecule has 5 atom stereocenters. The molecule has 0 radical (unpaired) electrons. The monoisotopic (exact) mass is 664 g/mol. The largest absolute Gasteiger partial charge is 0.483 e. The summed E-state index contributed by atoms with van der Waals surface area (Å²) in [5, 5.41) is 0. The van der Waals surface area contributed by atoms with Crippen molar-refractivity contribution in [1.29, 1.82) is 0 Å². The second kappa shape index (κ2) is 12.3. The van der Waals surface area contributed by atoms with E-state index in [0.29, 0.717) is 51.1 Å². The van der Waals surface area contributed by atoms with Gasteiger partial charge in [-0.2, -0.15) is 13.2 Å². The molecule has 0 aromatic heterocycles. The average molecular weight is 665 g/mol. The van der Waals surface area contributed by atoms with Gasteiger partial charge >= 0.3 is 18.1 Å². The van der Waals surface area contributed by atoms with Crippen molar-refractivity contribution >= 4 is 17.8 Å². The molecule has 2 aliphatic carbocycles. The van der Waals surface area contributed by atoms with E-state index in [9.17, 15) is 27.6 Å². The van der Waals surface area contributed by atoms with E-state index in [2.05, 4.69) is 23.3 Å². The molecule has 2 aromatic carbocycles. The maximum absolute atomic E-state index is 14.0. The molecule has 0 N–H and O–H groups in total. The van der Waals surface area contributed by atoms with Crippen LogP contribution in [0, 0.1) is 17.8 Å². The Kier molecular flexibility index (Phi) is 8.61. The average Bonchev–Trinajstić information content (AvgIpc) is 3.36. The summed E-state index contributed by atoms with van der Waals surface area (Å²) in [7, 11) is 0. The van der Waals surface area contributed by atoms with Crippen molar-refractivity contribution in [2.24, 2.45) is 5.92 Å². The number of carbonyl (C=O) groups is 3. The van der Waals surface area contributed by atoms with Crippen molar-refractivity contribution in [2.45, 2.75) is 88.8 Å². The Labute approximate surface area is 278 Å². The Morgan fingerprint density at radius 3 is 2.48 bits per heavy atom. The molecule has 0 unspecified atom stereocenters. The summed E-state index contributed by atoms with van der Waals surface area (Å²) >= 11 is 0. The number of benzene rings is 2. The van der Waals surface area contributed by atoms with Crippen LogP contribution in [0.4, 0.5) is 13.2 Å². The number of amides is 1. The number of carbonyl (C=O) groups excluding carboxylic acids is 3. The maximum Gasteiger partial charge on any atom is 0.416 e. The van der Waals surface area contributed by atoms with Gasteiger partial charge in [-0.05, 0) is 67.5 Å². The molecule has 4 aliphatic rings. The second-order valence-corrected chi connectivity index (χ2v) is 13.5. The van der Waals surface area contributed by atoms with Gasteiger partial charge in [-0.25, -0.2) is 0 Å². The molecule has 2 bridgehead atoms. The third kappa shape index (κ3) is 5.44. The molecular formula is C37H39F3N2O6. The number of likely N-dealkylation sites (tertiary alicyclic amines) is 1. The Morgan fingerprint density at radius 2 is 1.85 bits per heavy atom. The Hall–Kier alpha value is -4.30. The number of halogens is 3. The number of piperidine rings is 1. The van der Waals surface area contributed by atoms with Crippen molar-refractivity contribution in [1.82, 2.24) is 9.80 Å². The normalized spacial score (nSPS) is 26.8. The highest BCUT2D eigenvalue weighted by Crippen LogP contribution is 2.67. The molecule has 1 amide bonds. The summed E-state index contributed by atoms with van der Waals surface area (Å²) in [6.45, 7) is 12.3. The number of hydrogen-bond donors (Lipinski definition) is 0. The Balaban J connectivity index is 1.46. The van der Waals surface area contributed by atoms with Crippen LogP contribution in [0.5, 0.6) is 11.5 Å². The molecule has 254 valence electrons. The summed E-state index contributed by atoms with van der Waals surface area (Å²) in [5.41, 5.74) is -0.503. The molecule has 11 heteroatoms. The molecule has 2 aliphatic heterocycles. The molecule has 48 heavy (non-hydrogen) atoms. The topological polar surface area (TPSA) is 85.4 Å². The molecule has 1 spiro atoms. The van der Waals surface area contributed by atoms with Gasteiger partial charge in [0.25, 0.3) is 5.91 Å². The quantitative estimate of drug-likeness (QED) is 0.169. The second-order valence-electron chi connectivity index (χ2n) is 13.5. The fraction of sp³-hybridized carbons (Fsp3) is 0.486. The van der Waals surface area contributed by atoms with Crippen LogP contribution in [0.25, 0.3) is 0 Å². The van der Waals surface area contributed by atoms with Crippen molar-refractivity contribution in [3.63, 3.8) is 0 Å². The van der Waals surface area contributed by atoms with Crippen LogP contribution in [-0.2, 0) is 37.1 Å². The first kappa shape index (κ1) is 33.6. The molecular weight excluding hydrogens is 625 g/mol. The summed E-state index contributed by atoms with van der Waals surface area (Å²) in [5.74, 6) is 4.78. The minimum Gasteiger partial charge on any atom is -0.483 e. The fourth-order valence-electron chi connectivity index (χ4n) is 8.67. The lowest BCUT2D eigenvalue weighted by Gasteiger charge is -2.65. The van der Waals surface area contributed by atoms with E-state index >= 15 is 0 Å². The van der Waals surface area contributed by atoms with Gasteiger partial charge in [0.2, 0.25) is 0 Å². The number of rotatable bonds is 7. The van der Waals surface area contributed by atoms with E-state index in [1.54, 1.807) is 11.0 Å². The zero-order valence-corrected chi connectivity index (χ0v) is 27.5. The van der Waals surface area contributed by atoms with Gasteiger partial charge in [-0.3, -0.25) is 19.3 Å². The fourth-order valence-corrected chi connectivity index (χ4v) is 8.67. The first-order chi connectivity index (χ1) is 22.7. The number of alkyl halides is 3. The van der Waals surface area contributed by atoms with E-state index in [4.69, 9.17) is 14.2 Å². The molecule has 1 saturated heterocycles. The van der Waals surface area contributed by atoms with Gasteiger partial charge in [0, 0.05) is 50.5 Å². The van der Waals surface area contributed by atoms with Crippen molar-refractivity contribution in [3.8, 4) is 23.3 Å². The maximum atomic E-state index is 14.0. The van der Waals surface area contributed by atoms with Gasteiger partial charge in [0.1, 0.15) is 11.7 Å². The lowest BCUT2D eigenvalue weighted by Crippen LogP contribution is -2.79. The zero-order chi connectivity index (χ0) is 34.6. The SMILES string of the molecule is C=CCN1CC[C@]23c4c5ccc(OC(C)=O)c4O[C@H]2[C@@H](N(CC(C)C)C(=O)C#Cc2ccc(C(F)(F)F)cc2)CC[C@@]3(OC(C)=O)[C@H]1C5. The molecule has 1 saturated carbocycles. The highest BCUT2D eigenvalue weighted by atomic mass is 19.4. The summed E-state index contributed by atoms with van der Waals surface area (Å²) in [4.78, 5) is 43.2. The van der Waals surface area contributed by atoms with Crippen LogP contribution < -0.4 is 9.47 Å². The predicted octanol–water partition coefficient (Wildman–Crippen LogP) is 5.45. The van der Waals surface area contributed by atoms with Gasteiger partial charge in [0.15, 0.2) is 11.5 Å². The zero-order valence-electron chi connectivity index (χ0n) is 27.5. The van der Waals surface area contributed by atoms with Crippen molar-refractivity contribution in [2.75, 3.05) is 19.6 Å². The van der Waals surface area contributed by atoms with E-state index in [-0.39, 0.29) is 23.3 Å². The van der Waals surface area contributed by atoms with Gasteiger partial charge in [-0.1, -0.05) is 31.9 Å². The predicted molar refractivity (Wildman–Crippen MR) is 170 cm³/mol. The van der Waals surface area contributed by atoms with Gasteiger partial charge in [-0.15, -0.1) is 6.58 Å². The third-order valence-electron chi connectivity index (χ3n) is 10.2. The van der Waals surface area contributed by atoms with Crippen molar-refractivity contribution < 1.29 is 41.8 Å². The first-order valence-electron chi connectivity index (χ1n) is 16.3. The molecule has 2 aromatic rings. The van der Waals surface area contributed by atoms with E-state index in [0.717, 1.165) is 23.3 Å². The van der Waals surface area contributed by atoms with Crippen molar-refractivity contribution in [3.05, 3.63) is 71.3 Å². The minimum atomic E-state index is -4.48. The van der Waals surface area contributed by atoms with Crippen LogP contribution in [0.3, 0.4) is 0 Å². The van der Waals surface area contributed by atoms with Crippen LogP contribution in [0.2, 0.25) is 0 Å².